The maximum Gasteiger partial charge on any atom is 0.158 e. The predicted molar refractivity (Wildman–Crippen MR) is 83.2 cm³/mol. The Morgan fingerprint density at radius 2 is 2.14 bits per heavy atom. The molecular formula is C13H13BrClN5O. The highest BCUT2D eigenvalue weighted by atomic mass is 79.9. The summed E-state index contributed by atoms with van der Waals surface area (Å²) in [5.41, 5.74) is 1.45. The van der Waals surface area contributed by atoms with E-state index in [1.54, 1.807) is 35.4 Å². The van der Waals surface area contributed by atoms with Crippen LogP contribution in [0.25, 0.3) is 16.8 Å². The highest BCUT2D eigenvalue weighted by molar-refractivity contribution is 9.10. The Labute approximate surface area is 134 Å². The lowest BCUT2D eigenvalue weighted by Gasteiger charge is -2.16. The molecule has 0 radical (unpaired) electrons. The van der Waals surface area contributed by atoms with Gasteiger partial charge in [-0.25, -0.2) is 9.50 Å². The van der Waals surface area contributed by atoms with Crippen LogP contribution >= 0.6 is 27.5 Å². The first kappa shape index (κ1) is 14.5. The van der Waals surface area contributed by atoms with Crippen molar-refractivity contribution in [3.8, 4) is 11.1 Å². The molecule has 0 atom stereocenters. The van der Waals surface area contributed by atoms with Crippen molar-refractivity contribution in [2.45, 2.75) is 26.0 Å². The number of halogens is 2. The van der Waals surface area contributed by atoms with Gasteiger partial charge in [-0.15, -0.1) is 0 Å². The van der Waals surface area contributed by atoms with Gasteiger partial charge in [0.25, 0.3) is 0 Å². The molecule has 21 heavy (non-hydrogen) atoms. The minimum atomic E-state index is -0.830. The fourth-order valence-electron chi connectivity index (χ4n) is 2.05. The first-order chi connectivity index (χ1) is 9.83. The average molecular weight is 371 g/mol. The van der Waals surface area contributed by atoms with Gasteiger partial charge in [0.1, 0.15) is 4.60 Å². The molecule has 0 fully saturated rings. The van der Waals surface area contributed by atoms with E-state index in [1.165, 1.54) is 0 Å². The minimum Gasteiger partial charge on any atom is -0.389 e. The molecule has 0 aliphatic heterocycles. The smallest absolute Gasteiger partial charge is 0.158 e. The summed E-state index contributed by atoms with van der Waals surface area (Å²) in [5, 5.41) is 18.7. The fourth-order valence-corrected chi connectivity index (χ4v) is 2.66. The van der Waals surface area contributed by atoms with Gasteiger partial charge >= 0.3 is 0 Å². The second-order valence-electron chi connectivity index (χ2n) is 5.44. The number of imidazole rings is 1. The van der Waals surface area contributed by atoms with E-state index >= 15 is 0 Å². The molecule has 0 aromatic carbocycles. The molecule has 0 unspecified atom stereocenters. The number of aromatic nitrogens is 5. The van der Waals surface area contributed by atoms with Crippen LogP contribution < -0.4 is 0 Å². The number of rotatable bonds is 3. The summed E-state index contributed by atoms with van der Waals surface area (Å²) in [7, 11) is 0. The van der Waals surface area contributed by atoms with Gasteiger partial charge in [-0.1, -0.05) is 11.6 Å². The van der Waals surface area contributed by atoms with Gasteiger partial charge in [0, 0.05) is 17.3 Å². The van der Waals surface area contributed by atoms with Crippen LogP contribution in [0.1, 0.15) is 13.8 Å². The van der Waals surface area contributed by atoms with Crippen LogP contribution in [-0.2, 0) is 6.54 Å². The number of aliphatic hydroxyl groups is 1. The van der Waals surface area contributed by atoms with E-state index in [1.807, 2.05) is 12.3 Å². The van der Waals surface area contributed by atoms with Gasteiger partial charge in [-0.3, -0.25) is 4.68 Å². The molecule has 0 bridgehead atoms. The van der Waals surface area contributed by atoms with Crippen molar-refractivity contribution in [2.24, 2.45) is 0 Å². The molecule has 0 saturated heterocycles. The van der Waals surface area contributed by atoms with Crippen LogP contribution in [0.5, 0.6) is 0 Å². The maximum atomic E-state index is 9.83. The Morgan fingerprint density at radius 1 is 1.38 bits per heavy atom. The first-order valence-electron chi connectivity index (χ1n) is 6.28. The van der Waals surface area contributed by atoms with E-state index in [-0.39, 0.29) is 0 Å². The standard InChI is InChI=1S/C13H13BrClN5O/c1-13(2,21)7-19-6-8(4-17-19)9-3-11-16-5-10(14)20(11)18-12(9)15/h3-6,21H,7H2,1-2H3. The van der Waals surface area contributed by atoms with Gasteiger partial charge in [0.15, 0.2) is 10.8 Å². The van der Waals surface area contributed by atoms with Crippen LogP contribution in [0, 0.1) is 0 Å². The Kier molecular flexibility index (Phi) is 3.51. The molecule has 110 valence electrons. The van der Waals surface area contributed by atoms with Crippen molar-refractivity contribution >= 4 is 33.2 Å². The zero-order valence-electron chi connectivity index (χ0n) is 11.5. The lowest BCUT2D eigenvalue weighted by Crippen LogP contribution is -2.26. The van der Waals surface area contributed by atoms with Crippen molar-refractivity contribution < 1.29 is 5.11 Å². The van der Waals surface area contributed by atoms with Gasteiger partial charge in [-0.05, 0) is 35.8 Å². The monoisotopic (exact) mass is 369 g/mol. The van der Waals surface area contributed by atoms with Crippen molar-refractivity contribution in [1.29, 1.82) is 0 Å². The Bertz CT molecular complexity index is 805. The fraction of sp³-hybridized carbons (Fsp3) is 0.308. The van der Waals surface area contributed by atoms with Crippen molar-refractivity contribution in [2.75, 3.05) is 0 Å². The van der Waals surface area contributed by atoms with Crippen LogP contribution in [0.2, 0.25) is 5.15 Å². The highest BCUT2D eigenvalue weighted by Crippen LogP contribution is 2.28. The van der Waals surface area contributed by atoms with Crippen LogP contribution in [0.3, 0.4) is 0 Å². The number of hydrogen-bond donors (Lipinski definition) is 1. The topological polar surface area (TPSA) is 68.2 Å². The molecule has 6 nitrogen and oxygen atoms in total. The summed E-state index contributed by atoms with van der Waals surface area (Å²) >= 11 is 9.60. The normalized spacial score (nSPS) is 12.2. The highest BCUT2D eigenvalue weighted by Gasteiger charge is 2.16. The molecule has 0 aliphatic carbocycles. The summed E-state index contributed by atoms with van der Waals surface area (Å²) in [6.07, 6.45) is 5.19. The summed E-state index contributed by atoms with van der Waals surface area (Å²) < 4.78 is 4.04. The van der Waals surface area contributed by atoms with Crippen LogP contribution in [-0.4, -0.2) is 35.1 Å². The lowest BCUT2D eigenvalue weighted by atomic mass is 10.1. The van der Waals surface area contributed by atoms with Gasteiger partial charge < -0.3 is 5.11 Å². The Hall–Kier alpha value is -1.44. The van der Waals surface area contributed by atoms with Gasteiger partial charge in [0.2, 0.25) is 0 Å². The molecule has 0 spiro atoms. The average Bonchev–Trinajstić information content (AvgIpc) is 2.95. The maximum absolute atomic E-state index is 9.83. The van der Waals surface area contributed by atoms with Gasteiger partial charge in [-0.2, -0.15) is 10.2 Å². The van der Waals surface area contributed by atoms with Crippen molar-refractivity contribution in [1.82, 2.24) is 24.4 Å². The number of fused-ring (bicyclic) bond motifs is 1. The molecule has 3 heterocycles. The Balaban J connectivity index is 2.02. The molecule has 3 aromatic heterocycles. The molecule has 3 rings (SSSR count). The third-order valence-corrected chi connectivity index (χ3v) is 3.72. The van der Waals surface area contributed by atoms with Crippen LogP contribution in [0.15, 0.2) is 29.3 Å². The quantitative estimate of drug-likeness (QED) is 0.770. The minimum absolute atomic E-state index is 0.365. The molecule has 0 saturated carbocycles. The van der Waals surface area contributed by atoms with E-state index in [0.29, 0.717) is 17.3 Å². The summed E-state index contributed by atoms with van der Waals surface area (Å²) in [6.45, 7) is 3.86. The second-order valence-corrected chi connectivity index (χ2v) is 6.61. The van der Waals surface area contributed by atoms with E-state index in [9.17, 15) is 5.11 Å². The zero-order chi connectivity index (χ0) is 15.2. The third kappa shape index (κ3) is 2.95. The SMILES string of the molecule is CC(C)(O)Cn1cc(-c2cc3ncc(Br)n3nc2Cl)cn1. The molecular weight excluding hydrogens is 358 g/mol. The molecule has 0 amide bonds. The molecule has 3 aromatic rings. The van der Waals surface area contributed by atoms with E-state index < -0.39 is 5.60 Å². The zero-order valence-corrected chi connectivity index (χ0v) is 13.8. The molecule has 8 heteroatoms. The van der Waals surface area contributed by atoms with Crippen molar-refractivity contribution in [3.63, 3.8) is 0 Å². The van der Waals surface area contributed by atoms with Gasteiger partial charge in [0.05, 0.1) is 24.5 Å². The molecule has 0 aliphatic rings. The first-order valence-corrected chi connectivity index (χ1v) is 7.45. The van der Waals surface area contributed by atoms with E-state index in [2.05, 4.69) is 31.1 Å². The number of nitrogens with zero attached hydrogens (tertiary/aromatic N) is 5. The largest absolute Gasteiger partial charge is 0.389 e. The van der Waals surface area contributed by atoms with Crippen molar-refractivity contribution in [3.05, 3.63) is 34.4 Å². The van der Waals surface area contributed by atoms with Crippen LogP contribution in [0.4, 0.5) is 0 Å². The van der Waals surface area contributed by atoms with E-state index in [0.717, 1.165) is 15.7 Å². The Morgan fingerprint density at radius 3 is 2.86 bits per heavy atom. The summed E-state index contributed by atoms with van der Waals surface area (Å²) in [5.74, 6) is 0. The third-order valence-electron chi connectivity index (χ3n) is 2.90. The number of hydrogen-bond acceptors (Lipinski definition) is 4. The van der Waals surface area contributed by atoms with E-state index in [4.69, 9.17) is 11.6 Å². The molecule has 1 N–H and O–H groups in total. The summed E-state index contributed by atoms with van der Waals surface area (Å²) in [6, 6.07) is 1.85. The summed E-state index contributed by atoms with van der Waals surface area (Å²) in [4.78, 5) is 4.24. The predicted octanol–water partition coefficient (Wildman–Crippen LogP) is 2.78. The second kappa shape index (κ2) is 5.08. The lowest BCUT2D eigenvalue weighted by molar-refractivity contribution is 0.0577.